The molecule has 4 rings (SSSR count). The number of fused-ring (bicyclic) bond motifs is 1. The van der Waals surface area contributed by atoms with Crippen molar-refractivity contribution in [2.24, 2.45) is 0 Å². The summed E-state index contributed by atoms with van der Waals surface area (Å²) in [6.45, 7) is 3.36. The lowest BCUT2D eigenvalue weighted by Crippen LogP contribution is -2.31. The van der Waals surface area contributed by atoms with Crippen molar-refractivity contribution >= 4 is 11.0 Å². The van der Waals surface area contributed by atoms with Crippen LogP contribution in [0.4, 0.5) is 0 Å². The molecule has 1 aromatic carbocycles. The molecular weight excluding hydrogens is 248 g/mol. The minimum Gasteiger partial charge on any atom is -0.323 e. The van der Waals surface area contributed by atoms with Gasteiger partial charge in [0.05, 0.1) is 17.1 Å². The molecule has 2 aliphatic rings. The second kappa shape index (κ2) is 5.19. The van der Waals surface area contributed by atoms with Crippen molar-refractivity contribution in [3.8, 4) is 0 Å². The van der Waals surface area contributed by atoms with E-state index >= 15 is 0 Å². The molecule has 0 spiro atoms. The molecule has 2 N–H and O–H groups in total. The average Bonchev–Trinajstić information content (AvgIpc) is 3.15. The Balaban J connectivity index is 1.83. The third kappa shape index (κ3) is 2.03. The van der Waals surface area contributed by atoms with E-state index in [4.69, 9.17) is 4.98 Å². The highest BCUT2D eigenvalue weighted by Crippen LogP contribution is 2.32. The topological polar surface area (TPSA) is 41.9 Å². The molecule has 2 saturated heterocycles. The van der Waals surface area contributed by atoms with Gasteiger partial charge in [0, 0.05) is 6.04 Å². The second-order valence-electron chi connectivity index (χ2n) is 5.96. The van der Waals surface area contributed by atoms with E-state index in [1.807, 2.05) is 0 Å². The van der Waals surface area contributed by atoms with Crippen LogP contribution in [0.2, 0.25) is 0 Å². The predicted octanol–water partition coefficient (Wildman–Crippen LogP) is 2.39. The molecule has 0 bridgehead atoms. The molecule has 0 radical (unpaired) electrons. The van der Waals surface area contributed by atoms with E-state index in [-0.39, 0.29) is 0 Å². The Morgan fingerprint density at radius 2 is 1.90 bits per heavy atom. The van der Waals surface area contributed by atoms with Gasteiger partial charge < -0.3 is 15.2 Å². The van der Waals surface area contributed by atoms with Crippen LogP contribution in [0.25, 0.3) is 11.0 Å². The van der Waals surface area contributed by atoms with Gasteiger partial charge in [0.1, 0.15) is 5.82 Å². The quantitative estimate of drug-likeness (QED) is 0.880. The molecule has 3 heterocycles. The van der Waals surface area contributed by atoms with Crippen LogP contribution < -0.4 is 10.6 Å². The van der Waals surface area contributed by atoms with E-state index in [0.29, 0.717) is 12.1 Å². The number of benzene rings is 1. The van der Waals surface area contributed by atoms with E-state index in [1.54, 1.807) is 0 Å². The number of nitrogens with zero attached hydrogens (tertiary/aromatic N) is 2. The Hall–Kier alpha value is -1.39. The normalized spacial score (nSPS) is 24.5. The van der Waals surface area contributed by atoms with Crippen molar-refractivity contribution in [3.63, 3.8) is 0 Å². The molecule has 20 heavy (non-hydrogen) atoms. The Morgan fingerprint density at radius 1 is 1.05 bits per heavy atom. The SMILES string of the molecule is c1ccc2c(c1)nc(C1CCCN1)n2C1CCNCC1. The zero-order valence-corrected chi connectivity index (χ0v) is 11.8. The van der Waals surface area contributed by atoms with Crippen molar-refractivity contribution in [1.29, 1.82) is 0 Å². The molecule has 106 valence electrons. The molecule has 4 heteroatoms. The Morgan fingerprint density at radius 3 is 2.70 bits per heavy atom. The fraction of sp³-hybridized carbons (Fsp3) is 0.562. The number of piperidine rings is 1. The number of hydrogen-bond acceptors (Lipinski definition) is 3. The van der Waals surface area contributed by atoms with Gasteiger partial charge in [-0.15, -0.1) is 0 Å². The van der Waals surface area contributed by atoms with Crippen molar-refractivity contribution in [2.75, 3.05) is 19.6 Å². The monoisotopic (exact) mass is 270 g/mol. The first kappa shape index (κ1) is 12.4. The number of aromatic nitrogens is 2. The zero-order chi connectivity index (χ0) is 13.4. The van der Waals surface area contributed by atoms with Crippen LogP contribution in [0.15, 0.2) is 24.3 Å². The lowest BCUT2D eigenvalue weighted by atomic mass is 10.1. The van der Waals surface area contributed by atoms with E-state index < -0.39 is 0 Å². The standard InChI is InChI=1S/C16H22N4/c1-2-6-15-13(4-1)19-16(14-5-3-9-18-14)20(15)12-7-10-17-11-8-12/h1-2,4,6,12,14,17-18H,3,5,7-11H2. The Kier molecular flexibility index (Phi) is 3.20. The fourth-order valence-corrected chi connectivity index (χ4v) is 3.66. The lowest BCUT2D eigenvalue weighted by molar-refractivity contribution is 0.358. The number of imidazole rings is 1. The minimum absolute atomic E-state index is 0.442. The zero-order valence-electron chi connectivity index (χ0n) is 11.8. The highest BCUT2D eigenvalue weighted by Gasteiger charge is 2.27. The lowest BCUT2D eigenvalue weighted by Gasteiger charge is -2.27. The van der Waals surface area contributed by atoms with E-state index in [1.165, 1.54) is 37.0 Å². The number of para-hydroxylation sites is 2. The van der Waals surface area contributed by atoms with E-state index in [0.717, 1.165) is 25.2 Å². The van der Waals surface area contributed by atoms with Crippen molar-refractivity contribution in [3.05, 3.63) is 30.1 Å². The van der Waals surface area contributed by atoms with Crippen LogP contribution in [-0.4, -0.2) is 29.2 Å². The molecule has 1 atom stereocenters. The van der Waals surface area contributed by atoms with Crippen LogP contribution in [-0.2, 0) is 0 Å². The van der Waals surface area contributed by atoms with Crippen LogP contribution in [0.5, 0.6) is 0 Å². The summed E-state index contributed by atoms with van der Waals surface area (Å²) in [4.78, 5) is 4.95. The van der Waals surface area contributed by atoms with Gasteiger partial charge in [0.25, 0.3) is 0 Å². The minimum atomic E-state index is 0.442. The van der Waals surface area contributed by atoms with Crippen LogP contribution in [0.3, 0.4) is 0 Å². The Bertz CT molecular complexity index is 592. The molecule has 0 saturated carbocycles. The molecular formula is C16H22N4. The van der Waals surface area contributed by atoms with Gasteiger partial charge in [-0.1, -0.05) is 12.1 Å². The highest BCUT2D eigenvalue weighted by molar-refractivity contribution is 5.76. The van der Waals surface area contributed by atoms with Gasteiger partial charge in [0.15, 0.2) is 0 Å². The van der Waals surface area contributed by atoms with Crippen molar-refractivity contribution in [2.45, 2.75) is 37.8 Å². The molecule has 2 aromatic rings. The van der Waals surface area contributed by atoms with E-state index in [9.17, 15) is 0 Å². The number of hydrogen-bond donors (Lipinski definition) is 2. The smallest absolute Gasteiger partial charge is 0.127 e. The summed E-state index contributed by atoms with van der Waals surface area (Å²) in [5.74, 6) is 1.26. The van der Waals surface area contributed by atoms with Gasteiger partial charge in [-0.05, 0) is 57.5 Å². The first-order valence-corrected chi connectivity index (χ1v) is 7.84. The summed E-state index contributed by atoms with van der Waals surface area (Å²) in [7, 11) is 0. The largest absolute Gasteiger partial charge is 0.323 e. The summed E-state index contributed by atoms with van der Waals surface area (Å²) >= 11 is 0. The van der Waals surface area contributed by atoms with Gasteiger partial charge >= 0.3 is 0 Å². The maximum absolute atomic E-state index is 4.95. The molecule has 1 aromatic heterocycles. The number of rotatable bonds is 2. The summed E-state index contributed by atoms with van der Waals surface area (Å²) in [6, 6.07) is 9.63. The van der Waals surface area contributed by atoms with E-state index in [2.05, 4.69) is 39.5 Å². The molecule has 0 amide bonds. The Labute approximate surface area is 119 Å². The van der Waals surface area contributed by atoms with Crippen LogP contribution in [0, 0.1) is 0 Å². The maximum atomic E-state index is 4.95. The van der Waals surface area contributed by atoms with Crippen LogP contribution >= 0.6 is 0 Å². The van der Waals surface area contributed by atoms with Crippen LogP contribution in [0.1, 0.15) is 43.6 Å². The van der Waals surface area contributed by atoms with Crippen molar-refractivity contribution in [1.82, 2.24) is 20.2 Å². The second-order valence-corrected chi connectivity index (χ2v) is 5.96. The molecule has 4 nitrogen and oxygen atoms in total. The number of nitrogens with one attached hydrogen (secondary N) is 2. The average molecular weight is 270 g/mol. The summed E-state index contributed by atoms with van der Waals surface area (Å²) < 4.78 is 2.53. The third-order valence-electron chi connectivity index (χ3n) is 4.67. The summed E-state index contributed by atoms with van der Waals surface area (Å²) in [5.41, 5.74) is 2.46. The highest BCUT2D eigenvalue weighted by atomic mass is 15.2. The molecule has 0 aliphatic carbocycles. The van der Waals surface area contributed by atoms with Gasteiger partial charge in [-0.3, -0.25) is 0 Å². The molecule has 2 fully saturated rings. The fourth-order valence-electron chi connectivity index (χ4n) is 3.66. The van der Waals surface area contributed by atoms with Gasteiger partial charge in [-0.25, -0.2) is 4.98 Å². The third-order valence-corrected chi connectivity index (χ3v) is 4.67. The molecule has 1 unspecified atom stereocenters. The first-order valence-electron chi connectivity index (χ1n) is 7.84. The van der Waals surface area contributed by atoms with Gasteiger partial charge in [0.2, 0.25) is 0 Å². The first-order chi connectivity index (χ1) is 9.93. The molecule has 2 aliphatic heterocycles. The predicted molar refractivity (Wildman–Crippen MR) is 80.9 cm³/mol. The van der Waals surface area contributed by atoms with Gasteiger partial charge in [-0.2, -0.15) is 0 Å². The summed E-state index contributed by atoms with van der Waals surface area (Å²) in [5, 5.41) is 7.08. The summed E-state index contributed by atoms with van der Waals surface area (Å²) in [6.07, 6.45) is 4.90. The maximum Gasteiger partial charge on any atom is 0.127 e. The van der Waals surface area contributed by atoms with Crippen molar-refractivity contribution < 1.29 is 0 Å².